The summed E-state index contributed by atoms with van der Waals surface area (Å²) in [7, 11) is 0. The molecule has 0 bridgehead atoms. The van der Waals surface area contributed by atoms with E-state index in [-0.39, 0.29) is 35.9 Å². The number of nitrogens with one attached hydrogen (secondary N) is 1. The van der Waals surface area contributed by atoms with Gasteiger partial charge in [-0.05, 0) is 74.8 Å². The number of hydrogen-bond acceptors (Lipinski definition) is 4. The number of carbonyl (C=O) groups is 2. The van der Waals surface area contributed by atoms with Gasteiger partial charge in [0.05, 0.1) is 6.04 Å². The second kappa shape index (κ2) is 9.58. The summed E-state index contributed by atoms with van der Waals surface area (Å²) in [6, 6.07) is 10.1. The van der Waals surface area contributed by atoms with E-state index in [0.29, 0.717) is 12.1 Å². The van der Waals surface area contributed by atoms with Crippen LogP contribution in [0.25, 0.3) is 0 Å². The molecule has 0 aliphatic carbocycles. The molecule has 6 heteroatoms. The first kappa shape index (κ1) is 21.5. The van der Waals surface area contributed by atoms with Gasteiger partial charge >= 0.3 is 0 Å². The molecule has 1 aromatic carbocycles. The van der Waals surface area contributed by atoms with Gasteiger partial charge in [0.25, 0.3) is 0 Å². The fourth-order valence-electron chi connectivity index (χ4n) is 4.77. The summed E-state index contributed by atoms with van der Waals surface area (Å²) in [5, 5.41) is 3.37. The number of rotatable bonds is 8. The lowest BCUT2D eigenvalue weighted by molar-refractivity contribution is -0.134. The number of benzene rings is 1. The van der Waals surface area contributed by atoms with Crippen LogP contribution in [0.15, 0.2) is 36.4 Å². The highest BCUT2D eigenvalue weighted by molar-refractivity contribution is 5.83. The third kappa shape index (κ3) is 5.12. The zero-order valence-electron chi connectivity index (χ0n) is 18.1. The van der Waals surface area contributed by atoms with Crippen LogP contribution in [-0.2, 0) is 22.4 Å². The smallest absolute Gasteiger partial charge is 0.226 e. The van der Waals surface area contributed by atoms with Crippen molar-refractivity contribution < 1.29 is 14.0 Å². The van der Waals surface area contributed by atoms with Crippen molar-refractivity contribution in [1.82, 2.24) is 9.88 Å². The van der Waals surface area contributed by atoms with Crippen molar-refractivity contribution in [2.24, 2.45) is 5.92 Å². The third-order valence-electron chi connectivity index (χ3n) is 6.38. The first-order valence-electron chi connectivity index (χ1n) is 11.3. The fraction of sp³-hybridized carbons (Fsp3) is 0.480. The number of hydrogen-bond donors (Lipinski definition) is 1. The van der Waals surface area contributed by atoms with E-state index in [4.69, 9.17) is 4.98 Å². The minimum absolute atomic E-state index is 0.00222. The molecule has 0 spiro atoms. The van der Waals surface area contributed by atoms with Gasteiger partial charge in [-0.25, -0.2) is 9.37 Å². The number of anilines is 1. The predicted molar refractivity (Wildman–Crippen MR) is 118 cm³/mol. The molecule has 2 atom stereocenters. The molecule has 3 heterocycles. The molecule has 1 N–H and O–H groups in total. The van der Waals surface area contributed by atoms with Crippen LogP contribution in [0.4, 0.5) is 10.2 Å². The predicted octanol–water partition coefficient (Wildman–Crippen LogP) is 4.47. The molecule has 4 rings (SSSR count). The quantitative estimate of drug-likeness (QED) is 0.680. The highest BCUT2D eigenvalue weighted by Gasteiger charge is 2.36. The lowest BCUT2D eigenvalue weighted by Crippen LogP contribution is -2.33. The van der Waals surface area contributed by atoms with Gasteiger partial charge in [-0.2, -0.15) is 0 Å². The number of amides is 1. The van der Waals surface area contributed by atoms with Crippen LogP contribution >= 0.6 is 0 Å². The molecular weight excluding hydrogens is 393 g/mol. The molecule has 1 saturated heterocycles. The zero-order chi connectivity index (χ0) is 21.8. The highest BCUT2D eigenvalue weighted by atomic mass is 19.1. The van der Waals surface area contributed by atoms with Crippen LogP contribution < -0.4 is 5.32 Å². The third-order valence-corrected chi connectivity index (χ3v) is 6.38. The molecule has 5 nitrogen and oxygen atoms in total. The van der Waals surface area contributed by atoms with Gasteiger partial charge in [0.15, 0.2) is 0 Å². The van der Waals surface area contributed by atoms with E-state index in [0.717, 1.165) is 56.6 Å². The van der Waals surface area contributed by atoms with E-state index in [1.807, 2.05) is 0 Å². The highest BCUT2D eigenvalue weighted by Crippen LogP contribution is 2.34. The molecular formula is C25H30FN3O2. The van der Waals surface area contributed by atoms with Gasteiger partial charge in [-0.15, -0.1) is 0 Å². The van der Waals surface area contributed by atoms with Crippen LogP contribution in [0.2, 0.25) is 0 Å². The van der Waals surface area contributed by atoms with Crippen molar-refractivity contribution in [1.29, 1.82) is 0 Å². The normalized spacial score (nSPS) is 19.1. The van der Waals surface area contributed by atoms with Crippen LogP contribution in [0.1, 0.15) is 61.9 Å². The Hall–Kier alpha value is -2.76. The van der Waals surface area contributed by atoms with Crippen molar-refractivity contribution in [3.05, 3.63) is 59.0 Å². The lowest BCUT2D eigenvalue weighted by atomic mass is 9.98. The Bertz CT molecular complexity index is 962. The second-order valence-corrected chi connectivity index (χ2v) is 8.73. The largest absolute Gasteiger partial charge is 0.370 e. The number of fused-ring (bicyclic) bond motifs is 1. The van der Waals surface area contributed by atoms with Gasteiger partial charge in [0, 0.05) is 31.1 Å². The molecule has 1 fully saturated rings. The number of halogens is 1. The van der Waals surface area contributed by atoms with Crippen molar-refractivity contribution in [3.8, 4) is 0 Å². The Morgan fingerprint density at radius 2 is 2.19 bits per heavy atom. The summed E-state index contributed by atoms with van der Waals surface area (Å²) in [5.41, 5.74) is 3.03. The number of pyridine rings is 1. The van der Waals surface area contributed by atoms with Gasteiger partial charge in [-0.1, -0.05) is 18.2 Å². The number of carbonyl (C=O) groups excluding carboxylic acids is 2. The van der Waals surface area contributed by atoms with Gasteiger partial charge in [-0.3, -0.25) is 9.59 Å². The fourth-order valence-corrected chi connectivity index (χ4v) is 4.77. The maximum absolute atomic E-state index is 13.8. The summed E-state index contributed by atoms with van der Waals surface area (Å²) < 4.78 is 13.8. The van der Waals surface area contributed by atoms with Crippen LogP contribution in [0, 0.1) is 11.7 Å². The van der Waals surface area contributed by atoms with Gasteiger partial charge in [0.2, 0.25) is 5.91 Å². The molecule has 2 aliphatic heterocycles. The summed E-state index contributed by atoms with van der Waals surface area (Å²) in [5.74, 6) is 0.697. The average Bonchev–Trinajstić information content (AvgIpc) is 3.12. The zero-order valence-corrected chi connectivity index (χ0v) is 18.1. The van der Waals surface area contributed by atoms with Crippen molar-refractivity contribution in [3.63, 3.8) is 0 Å². The molecule has 1 amide bonds. The van der Waals surface area contributed by atoms with Crippen LogP contribution in [0.5, 0.6) is 0 Å². The van der Waals surface area contributed by atoms with Crippen LogP contribution in [-0.4, -0.2) is 34.7 Å². The minimum Gasteiger partial charge on any atom is -0.370 e. The van der Waals surface area contributed by atoms with Crippen molar-refractivity contribution in [2.75, 3.05) is 18.4 Å². The molecule has 0 saturated carbocycles. The maximum Gasteiger partial charge on any atom is 0.226 e. The molecule has 0 radical (unpaired) electrons. The topological polar surface area (TPSA) is 62.3 Å². The van der Waals surface area contributed by atoms with Gasteiger partial charge in [0.1, 0.15) is 17.4 Å². The molecule has 164 valence electrons. The number of aromatic nitrogens is 1. The van der Waals surface area contributed by atoms with Crippen molar-refractivity contribution in [2.45, 2.75) is 57.9 Å². The Morgan fingerprint density at radius 1 is 1.32 bits per heavy atom. The SMILES string of the molecule is CC(=O)CC(c1cccc(F)c1)N1CCC(CCCc2ccc3c(n2)NCCC3)C1=O. The van der Waals surface area contributed by atoms with Crippen LogP contribution in [0.3, 0.4) is 0 Å². The maximum atomic E-state index is 13.8. The first-order chi connectivity index (χ1) is 15.0. The van der Waals surface area contributed by atoms with E-state index >= 15 is 0 Å². The number of ketones is 1. The number of nitrogens with zero attached hydrogens (tertiary/aromatic N) is 2. The number of Topliss-reactive ketones (excluding diaryl/α,β-unsaturated/α-hetero) is 1. The van der Waals surface area contributed by atoms with E-state index < -0.39 is 0 Å². The monoisotopic (exact) mass is 423 g/mol. The van der Waals surface area contributed by atoms with E-state index in [1.165, 1.54) is 24.6 Å². The van der Waals surface area contributed by atoms with E-state index in [1.54, 1.807) is 17.0 Å². The Kier molecular flexibility index (Phi) is 6.64. The number of aryl methyl sites for hydroxylation is 2. The average molecular weight is 424 g/mol. The lowest BCUT2D eigenvalue weighted by Gasteiger charge is -2.28. The molecule has 2 aromatic rings. The summed E-state index contributed by atoms with van der Waals surface area (Å²) in [6.07, 6.45) is 5.77. The first-order valence-corrected chi connectivity index (χ1v) is 11.3. The minimum atomic E-state index is -0.390. The summed E-state index contributed by atoms with van der Waals surface area (Å²) in [4.78, 5) is 31.5. The summed E-state index contributed by atoms with van der Waals surface area (Å²) in [6.45, 7) is 3.10. The Balaban J connectivity index is 1.37. The summed E-state index contributed by atoms with van der Waals surface area (Å²) >= 11 is 0. The Labute approximate surface area is 183 Å². The molecule has 2 aliphatic rings. The van der Waals surface area contributed by atoms with Gasteiger partial charge < -0.3 is 10.2 Å². The Morgan fingerprint density at radius 3 is 3.00 bits per heavy atom. The second-order valence-electron chi connectivity index (χ2n) is 8.73. The number of likely N-dealkylation sites (tertiary alicyclic amines) is 1. The standard InChI is InChI=1S/C25H30FN3O2/c1-17(30)15-23(20-6-2-8-21(26)16-20)29-14-12-19(25(29)31)5-3-9-22-11-10-18-7-4-13-27-24(18)28-22/h2,6,8,10-11,16,19,23H,3-5,7,9,12-15H2,1H3,(H,27,28). The molecule has 31 heavy (non-hydrogen) atoms. The molecule has 2 unspecified atom stereocenters. The van der Waals surface area contributed by atoms with Crippen molar-refractivity contribution >= 4 is 17.5 Å². The van der Waals surface area contributed by atoms with E-state index in [2.05, 4.69) is 17.4 Å². The van der Waals surface area contributed by atoms with E-state index in [9.17, 15) is 14.0 Å². The molecule has 1 aromatic heterocycles.